The summed E-state index contributed by atoms with van der Waals surface area (Å²) in [6.07, 6.45) is 11.0. The van der Waals surface area contributed by atoms with Crippen LogP contribution in [0.1, 0.15) is 58.3 Å². The maximum Gasteiger partial charge on any atom is 0.0224 e. The van der Waals surface area contributed by atoms with E-state index in [2.05, 4.69) is 16.7 Å². The van der Waals surface area contributed by atoms with Gasteiger partial charge in [-0.15, -0.1) is 0 Å². The van der Waals surface area contributed by atoms with Gasteiger partial charge in [-0.25, -0.2) is 0 Å². The highest BCUT2D eigenvalue weighted by atomic mass is 15.3. The number of hydrogen-bond donors (Lipinski definition) is 1. The fourth-order valence-electron chi connectivity index (χ4n) is 3.78. The molecule has 0 radical (unpaired) electrons. The van der Waals surface area contributed by atoms with Gasteiger partial charge in [0.05, 0.1) is 0 Å². The SMILES string of the molecule is CCCCCCCC(CN)N1CCN2CCCC2C1. The lowest BCUT2D eigenvalue weighted by Gasteiger charge is -2.41. The lowest BCUT2D eigenvalue weighted by atomic mass is 10.0. The van der Waals surface area contributed by atoms with E-state index in [4.69, 9.17) is 5.73 Å². The van der Waals surface area contributed by atoms with Gasteiger partial charge in [0.1, 0.15) is 0 Å². The standard InChI is InChI=1S/C16H33N3/c1-2-3-4-5-6-8-15(13-17)19-12-11-18-10-7-9-16(18)14-19/h15-16H,2-14,17H2,1H3. The molecular formula is C16H33N3. The van der Waals surface area contributed by atoms with Crippen molar-refractivity contribution in [2.45, 2.75) is 70.4 Å². The molecular weight excluding hydrogens is 234 g/mol. The van der Waals surface area contributed by atoms with E-state index in [1.54, 1.807) is 0 Å². The second-order valence-electron chi connectivity index (χ2n) is 6.42. The van der Waals surface area contributed by atoms with Gasteiger partial charge in [-0.1, -0.05) is 39.0 Å². The lowest BCUT2D eigenvalue weighted by molar-refractivity contribution is 0.0699. The number of rotatable bonds is 8. The summed E-state index contributed by atoms with van der Waals surface area (Å²) in [4.78, 5) is 5.37. The van der Waals surface area contributed by atoms with E-state index in [1.807, 2.05) is 0 Å². The summed E-state index contributed by atoms with van der Waals surface area (Å²) in [6.45, 7) is 8.26. The highest BCUT2D eigenvalue weighted by molar-refractivity contribution is 4.89. The first-order chi connectivity index (χ1) is 9.35. The number of nitrogens with zero attached hydrogens (tertiary/aromatic N) is 2. The van der Waals surface area contributed by atoms with Crippen LogP contribution in [0.3, 0.4) is 0 Å². The van der Waals surface area contributed by atoms with E-state index < -0.39 is 0 Å². The Kier molecular flexibility index (Phi) is 6.62. The number of hydrogen-bond acceptors (Lipinski definition) is 3. The molecule has 0 aromatic carbocycles. The van der Waals surface area contributed by atoms with Crippen molar-refractivity contribution in [1.29, 1.82) is 0 Å². The third-order valence-electron chi connectivity index (χ3n) is 5.05. The van der Waals surface area contributed by atoms with Crippen molar-refractivity contribution < 1.29 is 0 Å². The van der Waals surface area contributed by atoms with Crippen LogP contribution >= 0.6 is 0 Å². The van der Waals surface area contributed by atoms with Crippen molar-refractivity contribution in [3.63, 3.8) is 0 Å². The van der Waals surface area contributed by atoms with E-state index in [-0.39, 0.29) is 0 Å². The van der Waals surface area contributed by atoms with Gasteiger partial charge in [0.2, 0.25) is 0 Å². The van der Waals surface area contributed by atoms with Crippen LogP contribution < -0.4 is 5.73 Å². The fourth-order valence-corrected chi connectivity index (χ4v) is 3.78. The van der Waals surface area contributed by atoms with E-state index in [9.17, 15) is 0 Å². The Bertz CT molecular complexity index is 244. The smallest absolute Gasteiger partial charge is 0.0224 e. The van der Waals surface area contributed by atoms with Crippen molar-refractivity contribution in [3.05, 3.63) is 0 Å². The summed E-state index contributed by atoms with van der Waals surface area (Å²) in [7, 11) is 0. The molecule has 2 fully saturated rings. The Hall–Kier alpha value is -0.120. The minimum atomic E-state index is 0.643. The van der Waals surface area contributed by atoms with Crippen LogP contribution in [0.5, 0.6) is 0 Å². The Balaban J connectivity index is 1.68. The molecule has 0 spiro atoms. The molecule has 2 aliphatic rings. The van der Waals surface area contributed by atoms with Gasteiger partial charge in [-0.05, 0) is 25.8 Å². The van der Waals surface area contributed by atoms with Gasteiger partial charge < -0.3 is 5.73 Å². The van der Waals surface area contributed by atoms with Gasteiger partial charge >= 0.3 is 0 Å². The zero-order valence-electron chi connectivity index (χ0n) is 12.8. The number of fused-ring (bicyclic) bond motifs is 1. The Morgan fingerprint density at radius 3 is 2.74 bits per heavy atom. The second kappa shape index (κ2) is 8.23. The quantitative estimate of drug-likeness (QED) is 0.686. The number of unbranched alkanes of at least 4 members (excludes halogenated alkanes) is 4. The largest absolute Gasteiger partial charge is 0.329 e. The first-order valence-corrected chi connectivity index (χ1v) is 8.53. The molecule has 112 valence electrons. The Morgan fingerprint density at radius 1 is 1.11 bits per heavy atom. The van der Waals surface area contributed by atoms with Crippen molar-refractivity contribution in [3.8, 4) is 0 Å². The summed E-state index contributed by atoms with van der Waals surface area (Å²) in [5.74, 6) is 0. The molecule has 0 aromatic rings. The molecule has 2 heterocycles. The lowest BCUT2D eigenvalue weighted by Crippen LogP contribution is -2.55. The van der Waals surface area contributed by atoms with Crippen LogP contribution in [0.4, 0.5) is 0 Å². The van der Waals surface area contributed by atoms with Crippen molar-refractivity contribution in [2.24, 2.45) is 5.73 Å². The molecule has 0 aliphatic carbocycles. The fraction of sp³-hybridized carbons (Fsp3) is 1.00. The molecule has 2 aliphatic heterocycles. The van der Waals surface area contributed by atoms with Crippen LogP contribution in [0.25, 0.3) is 0 Å². The van der Waals surface area contributed by atoms with Crippen LogP contribution in [0.2, 0.25) is 0 Å². The van der Waals surface area contributed by atoms with Crippen molar-refractivity contribution in [1.82, 2.24) is 9.80 Å². The van der Waals surface area contributed by atoms with E-state index >= 15 is 0 Å². The van der Waals surface area contributed by atoms with E-state index in [0.29, 0.717) is 6.04 Å². The minimum absolute atomic E-state index is 0.643. The van der Waals surface area contributed by atoms with Crippen LogP contribution in [-0.4, -0.2) is 54.6 Å². The molecule has 3 nitrogen and oxygen atoms in total. The van der Waals surface area contributed by atoms with Crippen molar-refractivity contribution in [2.75, 3.05) is 32.7 Å². The van der Waals surface area contributed by atoms with Gasteiger partial charge in [-0.2, -0.15) is 0 Å². The molecule has 2 rings (SSSR count). The zero-order valence-corrected chi connectivity index (χ0v) is 12.8. The molecule has 0 amide bonds. The van der Waals surface area contributed by atoms with Crippen molar-refractivity contribution >= 4 is 0 Å². The first kappa shape index (κ1) is 15.3. The highest BCUT2D eigenvalue weighted by Gasteiger charge is 2.32. The molecule has 3 heteroatoms. The number of nitrogens with two attached hydrogens (primary N) is 1. The molecule has 2 saturated heterocycles. The molecule has 2 unspecified atom stereocenters. The maximum absolute atomic E-state index is 6.03. The second-order valence-corrected chi connectivity index (χ2v) is 6.42. The molecule has 2 atom stereocenters. The zero-order chi connectivity index (χ0) is 13.5. The summed E-state index contributed by atoms with van der Waals surface area (Å²) >= 11 is 0. The summed E-state index contributed by atoms with van der Waals surface area (Å²) in [6, 6.07) is 1.48. The van der Waals surface area contributed by atoms with Gasteiger partial charge in [0, 0.05) is 38.3 Å². The summed E-state index contributed by atoms with van der Waals surface area (Å²) in [5, 5.41) is 0. The van der Waals surface area contributed by atoms with E-state index in [1.165, 1.54) is 77.5 Å². The third kappa shape index (κ3) is 4.44. The Labute approximate surface area is 119 Å². The molecule has 0 saturated carbocycles. The topological polar surface area (TPSA) is 32.5 Å². The highest BCUT2D eigenvalue weighted by Crippen LogP contribution is 2.23. The first-order valence-electron chi connectivity index (χ1n) is 8.53. The van der Waals surface area contributed by atoms with Crippen LogP contribution in [0, 0.1) is 0 Å². The predicted octanol–water partition coefficient (Wildman–Crippen LogP) is 2.45. The summed E-state index contributed by atoms with van der Waals surface area (Å²) < 4.78 is 0. The average Bonchev–Trinajstić information content (AvgIpc) is 2.90. The third-order valence-corrected chi connectivity index (χ3v) is 5.05. The van der Waals surface area contributed by atoms with Gasteiger partial charge in [-0.3, -0.25) is 9.80 Å². The van der Waals surface area contributed by atoms with Gasteiger partial charge in [0.25, 0.3) is 0 Å². The minimum Gasteiger partial charge on any atom is -0.329 e. The number of piperazine rings is 1. The predicted molar refractivity (Wildman–Crippen MR) is 82.4 cm³/mol. The molecule has 19 heavy (non-hydrogen) atoms. The Morgan fingerprint density at radius 2 is 1.95 bits per heavy atom. The summed E-state index contributed by atoms with van der Waals surface area (Å²) in [5.41, 5.74) is 6.03. The average molecular weight is 267 g/mol. The maximum atomic E-state index is 6.03. The molecule has 0 aromatic heterocycles. The monoisotopic (exact) mass is 267 g/mol. The molecule has 2 N–H and O–H groups in total. The normalized spacial score (nSPS) is 26.5. The molecule has 0 bridgehead atoms. The van der Waals surface area contributed by atoms with Crippen LogP contribution in [-0.2, 0) is 0 Å². The van der Waals surface area contributed by atoms with Crippen LogP contribution in [0.15, 0.2) is 0 Å². The van der Waals surface area contributed by atoms with Gasteiger partial charge in [0.15, 0.2) is 0 Å². The van der Waals surface area contributed by atoms with E-state index in [0.717, 1.165) is 12.6 Å².